The van der Waals surface area contributed by atoms with Crippen molar-refractivity contribution in [1.82, 2.24) is 10.3 Å². The van der Waals surface area contributed by atoms with E-state index in [-0.39, 0.29) is 6.04 Å². The van der Waals surface area contributed by atoms with Gasteiger partial charge in [0.1, 0.15) is 11.6 Å². The van der Waals surface area contributed by atoms with Crippen LogP contribution in [0.3, 0.4) is 0 Å². The van der Waals surface area contributed by atoms with Gasteiger partial charge in [0, 0.05) is 16.7 Å². The first kappa shape index (κ1) is 16.0. The highest BCUT2D eigenvalue weighted by atomic mass is 79.9. The maximum Gasteiger partial charge on any atom is 0.129 e. The lowest BCUT2D eigenvalue weighted by atomic mass is 10.0. The molecule has 0 radical (unpaired) electrons. The smallest absolute Gasteiger partial charge is 0.129 e. The standard InChI is InChI=1S/C16H17BrF2N2/c1-2-7-20-15(16-13(17)4-3-8-21-16)9-11-5-6-12(18)10-14(11)19/h3-6,8,10,15,20H,2,7,9H2,1H3. The molecule has 2 rings (SSSR count). The minimum absolute atomic E-state index is 0.125. The minimum atomic E-state index is -0.562. The Balaban J connectivity index is 2.26. The first-order valence-electron chi connectivity index (χ1n) is 6.89. The normalized spacial score (nSPS) is 12.4. The number of benzene rings is 1. The molecule has 2 aromatic rings. The van der Waals surface area contributed by atoms with Crippen molar-refractivity contribution >= 4 is 15.9 Å². The largest absolute Gasteiger partial charge is 0.308 e. The van der Waals surface area contributed by atoms with Crippen molar-refractivity contribution in [2.45, 2.75) is 25.8 Å². The van der Waals surface area contributed by atoms with E-state index in [9.17, 15) is 8.78 Å². The van der Waals surface area contributed by atoms with Crippen LogP contribution in [0.1, 0.15) is 30.6 Å². The summed E-state index contributed by atoms with van der Waals surface area (Å²) >= 11 is 3.48. The number of hydrogen-bond donors (Lipinski definition) is 1. The topological polar surface area (TPSA) is 24.9 Å². The Bertz CT molecular complexity index is 605. The molecule has 0 aliphatic rings. The molecular formula is C16H17BrF2N2. The number of halogens is 3. The van der Waals surface area contributed by atoms with E-state index in [1.54, 1.807) is 6.20 Å². The van der Waals surface area contributed by atoms with Gasteiger partial charge in [-0.1, -0.05) is 13.0 Å². The van der Waals surface area contributed by atoms with Gasteiger partial charge in [-0.2, -0.15) is 0 Å². The molecule has 0 aliphatic heterocycles. The lowest BCUT2D eigenvalue weighted by Gasteiger charge is -2.19. The van der Waals surface area contributed by atoms with Crippen LogP contribution in [0.15, 0.2) is 41.0 Å². The van der Waals surface area contributed by atoms with Crippen molar-refractivity contribution in [3.8, 4) is 0 Å². The third-order valence-electron chi connectivity index (χ3n) is 3.20. The van der Waals surface area contributed by atoms with Crippen LogP contribution in [0.4, 0.5) is 8.78 Å². The summed E-state index contributed by atoms with van der Waals surface area (Å²) < 4.78 is 27.7. The van der Waals surface area contributed by atoms with Gasteiger partial charge in [-0.05, 0) is 59.1 Å². The van der Waals surface area contributed by atoms with E-state index in [1.165, 1.54) is 12.1 Å². The molecule has 0 amide bonds. The zero-order chi connectivity index (χ0) is 15.2. The molecule has 1 aromatic heterocycles. The van der Waals surface area contributed by atoms with Crippen LogP contribution in [0.2, 0.25) is 0 Å². The van der Waals surface area contributed by atoms with Gasteiger partial charge >= 0.3 is 0 Å². The SMILES string of the molecule is CCCNC(Cc1ccc(F)cc1F)c1ncccc1Br. The van der Waals surface area contributed by atoms with Crippen LogP contribution in [0, 0.1) is 11.6 Å². The van der Waals surface area contributed by atoms with E-state index in [2.05, 4.69) is 33.2 Å². The lowest BCUT2D eigenvalue weighted by molar-refractivity contribution is 0.498. The van der Waals surface area contributed by atoms with Crippen molar-refractivity contribution in [1.29, 1.82) is 0 Å². The molecule has 0 saturated carbocycles. The lowest BCUT2D eigenvalue weighted by Crippen LogP contribution is -2.25. The Kier molecular flexibility index (Phi) is 5.82. The highest BCUT2D eigenvalue weighted by Gasteiger charge is 2.17. The predicted molar refractivity (Wildman–Crippen MR) is 83.0 cm³/mol. The molecule has 1 N–H and O–H groups in total. The van der Waals surface area contributed by atoms with E-state index >= 15 is 0 Å². The molecule has 0 bridgehead atoms. The second-order valence-corrected chi connectivity index (χ2v) is 5.67. The second kappa shape index (κ2) is 7.61. The highest BCUT2D eigenvalue weighted by molar-refractivity contribution is 9.10. The van der Waals surface area contributed by atoms with Gasteiger partial charge < -0.3 is 5.32 Å². The van der Waals surface area contributed by atoms with Gasteiger partial charge in [0.05, 0.1) is 11.7 Å². The second-order valence-electron chi connectivity index (χ2n) is 4.82. The number of rotatable bonds is 6. The van der Waals surface area contributed by atoms with Gasteiger partial charge in [0.25, 0.3) is 0 Å². The van der Waals surface area contributed by atoms with Crippen LogP contribution in [-0.2, 0) is 6.42 Å². The molecular weight excluding hydrogens is 338 g/mol. The molecule has 0 aliphatic carbocycles. The quantitative estimate of drug-likeness (QED) is 0.831. The van der Waals surface area contributed by atoms with Crippen molar-refractivity contribution in [2.24, 2.45) is 0 Å². The van der Waals surface area contributed by atoms with Crippen LogP contribution < -0.4 is 5.32 Å². The molecule has 0 fully saturated rings. The van der Waals surface area contributed by atoms with Crippen LogP contribution in [-0.4, -0.2) is 11.5 Å². The van der Waals surface area contributed by atoms with Crippen molar-refractivity contribution in [3.05, 3.63) is 63.9 Å². The highest BCUT2D eigenvalue weighted by Crippen LogP contribution is 2.25. The van der Waals surface area contributed by atoms with E-state index in [1.807, 2.05) is 12.1 Å². The zero-order valence-corrected chi connectivity index (χ0v) is 13.3. The van der Waals surface area contributed by atoms with Crippen molar-refractivity contribution < 1.29 is 8.78 Å². The molecule has 1 aromatic carbocycles. The minimum Gasteiger partial charge on any atom is -0.308 e. The summed E-state index contributed by atoms with van der Waals surface area (Å²) in [6.45, 7) is 2.87. The fourth-order valence-electron chi connectivity index (χ4n) is 2.15. The first-order chi connectivity index (χ1) is 10.1. The van der Waals surface area contributed by atoms with Gasteiger partial charge in [0.15, 0.2) is 0 Å². The summed E-state index contributed by atoms with van der Waals surface area (Å²) in [7, 11) is 0. The van der Waals surface area contributed by atoms with Crippen molar-refractivity contribution in [2.75, 3.05) is 6.54 Å². The number of hydrogen-bond acceptors (Lipinski definition) is 2. The van der Waals surface area contributed by atoms with Crippen LogP contribution >= 0.6 is 15.9 Å². The molecule has 112 valence electrons. The Morgan fingerprint density at radius 1 is 1.29 bits per heavy atom. The summed E-state index contributed by atoms with van der Waals surface area (Å²) in [6.07, 6.45) is 3.09. The third-order valence-corrected chi connectivity index (χ3v) is 3.87. The molecule has 2 nitrogen and oxygen atoms in total. The molecule has 1 heterocycles. The Hall–Kier alpha value is -1.33. The van der Waals surface area contributed by atoms with E-state index in [0.29, 0.717) is 12.0 Å². The average molecular weight is 355 g/mol. The summed E-state index contributed by atoms with van der Waals surface area (Å²) in [4.78, 5) is 4.37. The van der Waals surface area contributed by atoms with E-state index in [0.717, 1.165) is 29.2 Å². The predicted octanol–water partition coefficient (Wildman–Crippen LogP) is 4.41. The molecule has 0 spiro atoms. The van der Waals surface area contributed by atoms with Gasteiger partial charge in [0.2, 0.25) is 0 Å². The van der Waals surface area contributed by atoms with E-state index in [4.69, 9.17) is 0 Å². The summed E-state index contributed by atoms with van der Waals surface area (Å²) in [6, 6.07) is 7.30. The fourth-order valence-corrected chi connectivity index (χ4v) is 2.68. The molecule has 1 atom stereocenters. The maximum absolute atomic E-state index is 13.8. The Morgan fingerprint density at radius 3 is 2.76 bits per heavy atom. The summed E-state index contributed by atoms with van der Waals surface area (Å²) in [5, 5.41) is 3.36. The van der Waals surface area contributed by atoms with Crippen molar-refractivity contribution in [3.63, 3.8) is 0 Å². The number of nitrogens with zero attached hydrogens (tertiary/aromatic N) is 1. The number of aromatic nitrogens is 1. The Morgan fingerprint density at radius 2 is 2.10 bits per heavy atom. The molecule has 0 saturated heterocycles. The van der Waals surface area contributed by atoms with E-state index < -0.39 is 11.6 Å². The van der Waals surface area contributed by atoms with Gasteiger partial charge in [-0.25, -0.2) is 8.78 Å². The molecule has 1 unspecified atom stereocenters. The number of nitrogens with one attached hydrogen (secondary N) is 1. The summed E-state index contributed by atoms with van der Waals surface area (Å²) in [5.41, 5.74) is 1.30. The zero-order valence-electron chi connectivity index (χ0n) is 11.7. The Labute approximate surface area is 131 Å². The first-order valence-corrected chi connectivity index (χ1v) is 7.68. The molecule has 5 heteroatoms. The number of pyridine rings is 1. The molecule has 21 heavy (non-hydrogen) atoms. The maximum atomic E-state index is 13.8. The van der Waals surface area contributed by atoms with Crippen LogP contribution in [0.25, 0.3) is 0 Å². The monoisotopic (exact) mass is 354 g/mol. The fraction of sp³-hybridized carbons (Fsp3) is 0.312. The average Bonchev–Trinajstić information content (AvgIpc) is 2.46. The summed E-state index contributed by atoms with van der Waals surface area (Å²) in [5.74, 6) is -1.08. The van der Waals surface area contributed by atoms with Gasteiger partial charge in [-0.3, -0.25) is 4.98 Å². The van der Waals surface area contributed by atoms with Crippen LogP contribution in [0.5, 0.6) is 0 Å². The third kappa shape index (κ3) is 4.32. The van der Waals surface area contributed by atoms with Gasteiger partial charge in [-0.15, -0.1) is 0 Å².